The molecule has 0 saturated heterocycles. The maximum absolute atomic E-state index is 10.1. The summed E-state index contributed by atoms with van der Waals surface area (Å²) in [5.74, 6) is 0. The molecule has 0 aromatic heterocycles. The molecule has 0 heterocycles. The Morgan fingerprint density at radius 1 is 1.42 bits per heavy atom. The molecule has 0 atom stereocenters. The van der Waals surface area contributed by atoms with Crippen molar-refractivity contribution in [2.45, 2.75) is 6.92 Å². The van der Waals surface area contributed by atoms with Gasteiger partial charge in [-0.2, -0.15) is 0 Å². The largest absolute Gasteiger partial charge is 0.388 e. The van der Waals surface area contributed by atoms with E-state index in [2.05, 4.69) is 10.6 Å². The monoisotopic (exact) mass is 164 g/mol. The molecule has 0 saturated carbocycles. The molecule has 0 bridgehead atoms. The van der Waals surface area contributed by atoms with Crippen LogP contribution in [0, 0.1) is 6.92 Å². The topological polar surface area (TPSA) is 41.1 Å². The number of anilines is 2. The van der Waals surface area contributed by atoms with E-state index >= 15 is 0 Å². The molecule has 1 aromatic carbocycles. The lowest BCUT2D eigenvalue weighted by Crippen LogP contribution is -1.96. The van der Waals surface area contributed by atoms with Crippen molar-refractivity contribution in [1.29, 1.82) is 0 Å². The Morgan fingerprint density at radius 3 is 2.75 bits per heavy atom. The van der Waals surface area contributed by atoms with Crippen molar-refractivity contribution in [3.63, 3.8) is 0 Å². The van der Waals surface area contributed by atoms with Crippen molar-refractivity contribution >= 4 is 17.8 Å². The Balaban J connectivity index is 2.96. The summed E-state index contributed by atoms with van der Waals surface area (Å²) >= 11 is 0. The molecule has 1 rings (SSSR count). The predicted molar refractivity (Wildman–Crippen MR) is 50.4 cm³/mol. The number of hydrogen-bond donors (Lipinski definition) is 2. The summed E-state index contributed by atoms with van der Waals surface area (Å²) in [6.07, 6.45) is 0.671. The van der Waals surface area contributed by atoms with Crippen molar-refractivity contribution in [2.24, 2.45) is 0 Å². The first kappa shape index (κ1) is 8.59. The highest BCUT2D eigenvalue weighted by atomic mass is 16.1. The van der Waals surface area contributed by atoms with Gasteiger partial charge in [-0.3, -0.25) is 4.79 Å². The van der Waals surface area contributed by atoms with E-state index in [-0.39, 0.29) is 0 Å². The molecule has 0 aliphatic rings. The predicted octanol–water partition coefficient (Wildman–Crippen LogP) is 1.61. The van der Waals surface area contributed by atoms with Crippen LogP contribution in [0.4, 0.5) is 11.4 Å². The number of aryl methyl sites for hydroxylation is 1. The van der Waals surface area contributed by atoms with Crippen LogP contribution in [-0.2, 0) is 4.79 Å². The molecule has 0 fully saturated rings. The molecule has 0 aliphatic heterocycles. The van der Waals surface area contributed by atoms with Crippen molar-refractivity contribution < 1.29 is 4.79 Å². The van der Waals surface area contributed by atoms with Crippen molar-refractivity contribution in [1.82, 2.24) is 0 Å². The van der Waals surface area contributed by atoms with Gasteiger partial charge in [-0.15, -0.1) is 0 Å². The van der Waals surface area contributed by atoms with Crippen LogP contribution in [0.1, 0.15) is 5.56 Å². The van der Waals surface area contributed by atoms with Gasteiger partial charge in [0, 0.05) is 18.4 Å². The Bertz CT molecular complexity index is 284. The Labute approximate surface area is 71.8 Å². The van der Waals surface area contributed by atoms with Gasteiger partial charge >= 0.3 is 0 Å². The summed E-state index contributed by atoms with van der Waals surface area (Å²) in [5, 5.41) is 5.63. The van der Waals surface area contributed by atoms with Crippen LogP contribution in [0.15, 0.2) is 18.2 Å². The van der Waals surface area contributed by atoms with Gasteiger partial charge in [0.15, 0.2) is 0 Å². The fourth-order valence-electron chi connectivity index (χ4n) is 1.05. The molecule has 0 radical (unpaired) electrons. The van der Waals surface area contributed by atoms with Gasteiger partial charge in [0.2, 0.25) is 6.41 Å². The Hall–Kier alpha value is -1.51. The van der Waals surface area contributed by atoms with E-state index < -0.39 is 0 Å². The van der Waals surface area contributed by atoms with E-state index in [1.807, 2.05) is 32.2 Å². The van der Waals surface area contributed by atoms with Crippen LogP contribution >= 0.6 is 0 Å². The summed E-state index contributed by atoms with van der Waals surface area (Å²) < 4.78 is 0. The van der Waals surface area contributed by atoms with Gasteiger partial charge in [0.25, 0.3) is 0 Å². The zero-order chi connectivity index (χ0) is 8.97. The number of carbonyl (C=O) groups is 1. The third-order valence-electron chi connectivity index (χ3n) is 1.73. The average Bonchev–Trinajstić information content (AvgIpc) is 2.09. The van der Waals surface area contributed by atoms with E-state index in [4.69, 9.17) is 0 Å². The molecule has 0 spiro atoms. The van der Waals surface area contributed by atoms with Crippen LogP contribution in [0.5, 0.6) is 0 Å². The van der Waals surface area contributed by atoms with E-state index in [1.54, 1.807) is 0 Å². The normalized spacial score (nSPS) is 9.17. The molecule has 12 heavy (non-hydrogen) atoms. The van der Waals surface area contributed by atoms with E-state index in [0.29, 0.717) is 6.41 Å². The molecule has 3 nitrogen and oxygen atoms in total. The molecular weight excluding hydrogens is 152 g/mol. The second-order valence-corrected chi connectivity index (χ2v) is 2.54. The van der Waals surface area contributed by atoms with Gasteiger partial charge in [0.05, 0.1) is 0 Å². The standard InChI is InChI=1S/C9H12N2O/c1-7-3-4-8(11-6-12)5-9(7)10-2/h3-6,10H,1-2H3,(H,11,12). The molecule has 1 amide bonds. The molecule has 0 unspecified atom stereocenters. The first-order chi connectivity index (χ1) is 5.77. The van der Waals surface area contributed by atoms with Gasteiger partial charge in [-0.05, 0) is 24.6 Å². The second kappa shape index (κ2) is 3.76. The maximum Gasteiger partial charge on any atom is 0.211 e. The molecule has 3 heteroatoms. The highest BCUT2D eigenvalue weighted by Crippen LogP contribution is 2.18. The number of benzene rings is 1. The number of rotatable bonds is 3. The number of carbonyl (C=O) groups excluding carboxylic acids is 1. The van der Waals surface area contributed by atoms with Crippen LogP contribution in [0.25, 0.3) is 0 Å². The lowest BCUT2D eigenvalue weighted by Gasteiger charge is -2.06. The minimum Gasteiger partial charge on any atom is -0.388 e. The highest BCUT2D eigenvalue weighted by molar-refractivity contribution is 5.74. The number of nitrogens with one attached hydrogen (secondary N) is 2. The van der Waals surface area contributed by atoms with Crippen LogP contribution < -0.4 is 10.6 Å². The molecule has 2 N–H and O–H groups in total. The first-order valence-electron chi connectivity index (χ1n) is 3.76. The SMILES string of the molecule is CNc1cc(NC=O)ccc1C. The summed E-state index contributed by atoms with van der Waals surface area (Å²) in [7, 11) is 1.85. The third-order valence-corrected chi connectivity index (χ3v) is 1.73. The second-order valence-electron chi connectivity index (χ2n) is 2.54. The first-order valence-corrected chi connectivity index (χ1v) is 3.76. The van der Waals surface area contributed by atoms with E-state index in [9.17, 15) is 4.79 Å². The average molecular weight is 164 g/mol. The van der Waals surface area contributed by atoms with Crippen molar-refractivity contribution in [3.05, 3.63) is 23.8 Å². The smallest absolute Gasteiger partial charge is 0.211 e. The van der Waals surface area contributed by atoms with Crippen LogP contribution in [0.3, 0.4) is 0 Å². The molecule has 1 aromatic rings. The zero-order valence-corrected chi connectivity index (χ0v) is 7.22. The van der Waals surface area contributed by atoms with Crippen molar-refractivity contribution in [2.75, 3.05) is 17.7 Å². The zero-order valence-electron chi connectivity index (χ0n) is 7.22. The van der Waals surface area contributed by atoms with Gasteiger partial charge in [-0.25, -0.2) is 0 Å². The number of amides is 1. The summed E-state index contributed by atoms with van der Waals surface area (Å²) in [6, 6.07) is 5.71. The van der Waals surface area contributed by atoms with Gasteiger partial charge < -0.3 is 10.6 Å². The van der Waals surface area contributed by atoms with Crippen LogP contribution in [-0.4, -0.2) is 13.5 Å². The minimum atomic E-state index is 0.671. The summed E-state index contributed by atoms with van der Waals surface area (Å²) in [5.41, 5.74) is 3.00. The molecule has 64 valence electrons. The fraction of sp³-hybridized carbons (Fsp3) is 0.222. The van der Waals surface area contributed by atoms with Gasteiger partial charge in [-0.1, -0.05) is 6.07 Å². The van der Waals surface area contributed by atoms with E-state index in [0.717, 1.165) is 16.9 Å². The Kier molecular flexibility index (Phi) is 2.69. The minimum absolute atomic E-state index is 0.671. The summed E-state index contributed by atoms with van der Waals surface area (Å²) in [4.78, 5) is 10.1. The van der Waals surface area contributed by atoms with Crippen LogP contribution in [0.2, 0.25) is 0 Å². The number of hydrogen-bond acceptors (Lipinski definition) is 2. The van der Waals surface area contributed by atoms with Gasteiger partial charge in [0.1, 0.15) is 0 Å². The fourth-order valence-corrected chi connectivity index (χ4v) is 1.05. The molecule has 0 aliphatic carbocycles. The Morgan fingerprint density at radius 2 is 2.17 bits per heavy atom. The van der Waals surface area contributed by atoms with E-state index in [1.165, 1.54) is 0 Å². The van der Waals surface area contributed by atoms with Crippen molar-refractivity contribution in [3.8, 4) is 0 Å². The highest BCUT2D eigenvalue weighted by Gasteiger charge is 1.96. The molecular formula is C9H12N2O. The lowest BCUT2D eigenvalue weighted by molar-refractivity contribution is -0.105. The lowest BCUT2D eigenvalue weighted by atomic mass is 10.2. The quantitative estimate of drug-likeness (QED) is 0.666. The third kappa shape index (κ3) is 1.75. The maximum atomic E-state index is 10.1. The summed E-state index contributed by atoms with van der Waals surface area (Å²) in [6.45, 7) is 2.01.